The minimum atomic E-state index is -0.353. The maximum atomic E-state index is 11.5. The number of carbonyl (C=O) groups excluding carboxylic acids is 1. The molecule has 2 rings (SSSR count). The van der Waals surface area contributed by atoms with E-state index < -0.39 is 0 Å². The van der Waals surface area contributed by atoms with Crippen molar-refractivity contribution in [1.29, 1.82) is 5.26 Å². The Morgan fingerprint density at radius 2 is 2.17 bits per heavy atom. The maximum Gasteiger partial charge on any atom is 0.234 e. The lowest BCUT2D eigenvalue weighted by Crippen LogP contribution is -2.48. The van der Waals surface area contributed by atoms with Crippen LogP contribution in [0.3, 0.4) is 0 Å². The number of carbonyl (C=O) groups is 1. The number of hydrogen-bond acceptors (Lipinski definition) is 3. The van der Waals surface area contributed by atoms with E-state index in [1.165, 1.54) is 0 Å². The van der Waals surface area contributed by atoms with Crippen LogP contribution in [0.4, 0.5) is 0 Å². The molecule has 1 aromatic carbocycles. The molecule has 4 nitrogen and oxygen atoms in total. The summed E-state index contributed by atoms with van der Waals surface area (Å²) in [6.07, 6.45) is 1.20. The van der Waals surface area contributed by atoms with E-state index in [0.29, 0.717) is 19.5 Å². The predicted molar refractivity (Wildman–Crippen MR) is 67.9 cm³/mol. The Kier molecular flexibility index (Phi) is 3.96. The maximum absolute atomic E-state index is 11.5. The van der Waals surface area contributed by atoms with Crippen molar-refractivity contribution < 1.29 is 4.79 Å². The third-order valence-corrected chi connectivity index (χ3v) is 3.30. The Hall–Kier alpha value is -1.86. The Morgan fingerprint density at radius 1 is 1.44 bits per heavy atom. The zero-order valence-corrected chi connectivity index (χ0v) is 10.2. The second kappa shape index (κ2) is 5.65. The summed E-state index contributed by atoms with van der Waals surface area (Å²) in [6, 6.07) is 11.8. The van der Waals surface area contributed by atoms with Gasteiger partial charge in [-0.1, -0.05) is 30.3 Å². The molecular weight excluding hydrogens is 226 g/mol. The predicted octanol–water partition coefficient (Wildman–Crippen LogP) is 1.23. The molecule has 2 N–H and O–H groups in total. The number of hydrogen-bond donors (Lipinski definition) is 1. The molecule has 0 bridgehead atoms. The molecule has 93 valence electrons. The molecule has 1 fully saturated rings. The highest BCUT2D eigenvalue weighted by Crippen LogP contribution is 2.25. The third-order valence-electron chi connectivity index (χ3n) is 3.30. The normalized spacial score (nSPS) is 21.4. The smallest absolute Gasteiger partial charge is 0.234 e. The first-order valence-electron chi connectivity index (χ1n) is 6.03. The fourth-order valence-corrected chi connectivity index (χ4v) is 2.29. The lowest BCUT2D eigenvalue weighted by molar-refractivity contribution is -0.124. The van der Waals surface area contributed by atoms with Gasteiger partial charge < -0.3 is 5.73 Å². The van der Waals surface area contributed by atoms with Gasteiger partial charge in [0.1, 0.15) is 0 Å². The lowest BCUT2D eigenvalue weighted by Gasteiger charge is -2.35. The first kappa shape index (κ1) is 12.6. The van der Waals surface area contributed by atoms with Gasteiger partial charge in [-0.3, -0.25) is 9.69 Å². The Morgan fingerprint density at radius 3 is 2.78 bits per heavy atom. The Labute approximate surface area is 107 Å². The Balaban J connectivity index is 2.07. The van der Waals surface area contributed by atoms with E-state index in [-0.39, 0.29) is 11.9 Å². The van der Waals surface area contributed by atoms with Crippen molar-refractivity contribution in [3.63, 3.8) is 0 Å². The molecule has 18 heavy (non-hydrogen) atoms. The summed E-state index contributed by atoms with van der Waals surface area (Å²) in [7, 11) is 0. The van der Waals surface area contributed by atoms with Gasteiger partial charge in [0, 0.05) is 13.1 Å². The first-order valence-corrected chi connectivity index (χ1v) is 6.03. The van der Waals surface area contributed by atoms with Crippen LogP contribution in [0.15, 0.2) is 30.3 Å². The van der Waals surface area contributed by atoms with Gasteiger partial charge in [-0.05, 0) is 18.4 Å². The van der Waals surface area contributed by atoms with Crippen molar-refractivity contribution in [3.05, 3.63) is 41.8 Å². The zero-order chi connectivity index (χ0) is 13.0. The standard InChI is InChI=1S/C14H16N3O/c15-9-12-6-7-17(13(8-12)14(16)18)10-11-4-2-1-3-5-11/h1-5,13H,6-8,10H2,(H2,16,18). The van der Waals surface area contributed by atoms with E-state index in [4.69, 9.17) is 11.0 Å². The van der Waals surface area contributed by atoms with E-state index in [1.54, 1.807) is 0 Å². The average Bonchev–Trinajstić information content (AvgIpc) is 2.40. The van der Waals surface area contributed by atoms with Gasteiger partial charge in [0.25, 0.3) is 0 Å². The van der Waals surface area contributed by atoms with Gasteiger partial charge >= 0.3 is 0 Å². The number of nitrogens with zero attached hydrogens (tertiary/aromatic N) is 2. The van der Waals surface area contributed by atoms with Crippen molar-refractivity contribution in [2.75, 3.05) is 6.54 Å². The number of rotatable bonds is 3. The fourth-order valence-electron chi connectivity index (χ4n) is 2.29. The van der Waals surface area contributed by atoms with Crippen LogP contribution in [-0.4, -0.2) is 23.4 Å². The number of nitriles is 1. The number of likely N-dealkylation sites (tertiary alicyclic amines) is 1. The lowest BCUT2D eigenvalue weighted by atomic mass is 9.91. The van der Waals surface area contributed by atoms with Gasteiger partial charge in [0.15, 0.2) is 0 Å². The monoisotopic (exact) mass is 242 g/mol. The van der Waals surface area contributed by atoms with Crippen LogP contribution in [0.25, 0.3) is 0 Å². The number of nitrogens with two attached hydrogens (primary N) is 1. The molecule has 1 saturated heterocycles. The average molecular weight is 242 g/mol. The van der Waals surface area contributed by atoms with E-state index in [1.807, 2.05) is 30.3 Å². The van der Waals surface area contributed by atoms with Crippen molar-refractivity contribution in [2.45, 2.75) is 25.4 Å². The molecule has 0 aliphatic carbocycles. The van der Waals surface area contributed by atoms with Crippen molar-refractivity contribution in [3.8, 4) is 6.07 Å². The van der Waals surface area contributed by atoms with E-state index in [2.05, 4.69) is 11.0 Å². The highest BCUT2D eigenvalue weighted by molar-refractivity contribution is 5.80. The van der Waals surface area contributed by atoms with Gasteiger partial charge in [-0.25, -0.2) is 0 Å². The second-order valence-corrected chi connectivity index (χ2v) is 4.54. The SMILES string of the molecule is N#C[C]1CCN(Cc2ccccc2)C(C(N)=O)C1. The third kappa shape index (κ3) is 2.88. The minimum Gasteiger partial charge on any atom is -0.368 e. The summed E-state index contributed by atoms with van der Waals surface area (Å²) in [5.74, 6) is 0.418. The molecule has 0 aromatic heterocycles. The summed E-state index contributed by atoms with van der Waals surface area (Å²) in [6.45, 7) is 1.42. The summed E-state index contributed by atoms with van der Waals surface area (Å²) >= 11 is 0. The molecule has 1 heterocycles. The summed E-state index contributed by atoms with van der Waals surface area (Å²) < 4.78 is 0. The van der Waals surface area contributed by atoms with Crippen LogP contribution in [0.2, 0.25) is 0 Å². The minimum absolute atomic E-state index is 0.349. The van der Waals surface area contributed by atoms with Gasteiger partial charge in [0.05, 0.1) is 18.0 Å². The number of amides is 1. The highest BCUT2D eigenvalue weighted by atomic mass is 16.1. The zero-order valence-electron chi connectivity index (χ0n) is 10.2. The van der Waals surface area contributed by atoms with Crippen LogP contribution >= 0.6 is 0 Å². The van der Waals surface area contributed by atoms with Crippen molar-refractivity contribution in [1.82, 2.24) is 4.90 Å². The van der Waals surface area contributed by atoms with Crippen LogP contribution in [-0.2, 0) is 11.3 Å². The summed E-state index contributed by atoms with van der Waals surface area (Å²) in [4.78, 5) is 13.5. The molecule has 1 aliphatic rings. The van der Waals surface area contributed by atoms with Crippen molar-refractivity contribution >= 4 is 5.91 Å². The summed E-state index contributed by atoms with van der Waals surface area (Å²) in [5, 5.41) is 8.91. The number of piperidine rings is 1. The highest BCUT2D eigenvalue weighted by Gasteiger charge is 2.32. The molecule has 1 radical (unpaired) electrons. The summed E-state index contributed by atoms with van der Waals surface area (Å²) in [5.41, 5.74) is 6.58. The van der Waals surface area contributed by atoms with Crippen LogP contribution < -0.4 is 5.73 Å². The molecule has 4 heteroatoms. The fraction of sp³-hybridized carbons (Fsp3) is 0.357. The molecular formula is C14H16N3O. The van der Waals surface area contributed by atoms with Gasteiger partial charge in [-0.2, -0.15) is 5.26 Å². The Bertz CT molecular complexity index is 452. The largest absolute Gasteiger partial charge is 0.368 e. The van der Waals surface area contributed by atoms with E-state index in [9.17, 15) is 4.79 Å². The van der Waals surface area contributed by atoms with Crippen LogP contribution in [0.5, 0.6) is 0 Å². The number of primary amides is 1. The van der Waals surface area contributed by atoms with E-state index in [0.717, 1.165) is 17.9 Å². The van der Waals surface area contributed by atoms with Crippen molar-refractivity contribution in [2.24, 2.45) is 5.73 Å². The quantitative estimate of drug-likeness (QED) is 0.866. The molecule has 1 aromatic rings. The van der Waals surface area contributed by atoms with E-state index >= 15 is 0 Å². The topological polar surface area (TPSA) is 70.1 Å². The first-order chi connectivity index (χ1) is 8.70. The number of benzene rings is 1. The molecule has 1 unspecified atom stereocenters. The molecule has 1 aliphatic heterocycles. The molecule has 0 saturated carbocycles. The second-order valence-electron chi connectivity index (χ2n) is 4.54. The van der Waals surface area contributed by atoms with Crippen LogP contribution in [0, 0.1) is 17.2 Å². The molecule has 1 amide bonds. The van der Waals surface area contributed by atoms with Gasteiger partial charge in [-0.15, -0.1) is 0 Å². The van der Waals surface area contributed by atoms with Gasteiger partial charge in [0.2, 0.25) is 5.91 Å². The van der Waals surface area contributed by atoms with Crippen LogP contribution in [0.1, 0.15) is 18.4 Å². The molecule has 1 atom stereocenters. The molecule has 0 spiro atoms.